The predicted octanol–water partition coefficient (Wildman–Crippen LogP) is -5.35. The molecule has 0 radical (unpaired) electrons. The molecule has 41 heavy (non-hydrogen) atoms. The Balaban J connectivity index is 1.64. The summed E-state index contributed by atoms with van der Waals surface area (Å²) in [6, 6.07) is 8.79. The van der Waals surface area contributed by atoms with Crippen LogP contribution in [-0.4, -0.2) is 163 Å². The molecule has 0 aromatic heterocycles. The van der Waals surface area contributed by atoms with Gasteiger partial charge in [0.15, 0.2) is 18.9 Å². The van der Waals surface area contributed by atoms with Crippen molar-refractivity contribution in [1.29, 1.82) is 0 Å². The first-order chi connectivity index (χ1) is 19.6. The molecule has 16 heteroatoms. The van der Waals surface area contributed by atoms with E-state index in [9.17, 15) is 51.1 Å². The normalized spacial score (nSPS) is 45.5. The Labute approximate surface area is 234 Å². The maximum Gasteiger partial charge on any atom is 0.187 e. The second kappa shape index (κ2) is 14.4. The van der Waals surface area contributed by atoms with Gasteiger partial charge in [0.25, 0.3) is 0 Å². The summed E-state index contributed by atoms with van der Waals surface area (Å²) in [5.41, 5.74) is 0.695. The molecule has 0 saturated carbocycles. The Hall–Kier alpha value is -1.42. The summed E-state index contributed by atoms with van der Waals surface area (Å²) < 4.78 is 34.2. The van der Waals surface area contributed by atoms with Crippen molar-refractivity contribution >= 4 is 0 Å². The second-order valence-electron chi connectivity index (χ2n) is 10.1. The molecule has 0 bridgehead atoms. The van der Waals surface area contributed by atoms with Crippen LogP contribution in [-0.2, 0) is 35.0 Å². The third kappa shape index (κ3) is 7.05. The first-order valence-electron chi connectivity index (χ1n) is 13.1. The van der Waals surface area contributed by atoms with E-state index < -0.39 is 112 Å². The molecule has 3 aliphatic rings. The summed E-state index contributed by atoms with van der Waals surface area (Å²) >= 11 is 0. The van der Waals surface area contributed by atoms with Gasteiger partial charge in [-0.05, 0) is 5.56 Å². The number of ether oxygens (including phenoxy) is 6. The quantitative estimate of drug-likeness (QED) is 0.121. The van der Waals surface area contributed by atoms with Crippen molar-refractivity contribution in [2.24, 2.45) is 0 Å². The smallest absolute Gasteiger partial charge is 0.187 e. The topological polar surface area (TPSA) is 258 Å². The zero-order valence-electron chi connectivity index (χ0n) is 21.8. The Bertz CT molecular complexity index is 922. The molecular weight excluding hydrogens is 556 g/mol. The Kier molecular flexibility index (Phi) is 11.4. The fraction of sp³-hybridized carbons (Fsp3) is 0.760. The monoisotopic (exact) mass is 594 g/mol. The van der Waals surface area contributed by atoms with Gasteiger partial charge in [-0.15, -0.1) is 0 Å². The number of benzene rings is 1. The fourth-order valence-corrected chi connectivity index (χ4v) is 4.90. The average molecular weight is 595 g/mol. The molecule has 3 aliphatic heterocycles. The third-order valence-corrected chi connectivity index (χ3v) is 7.33. The minimum absolute atomic E-state index is 0.0684. The lowest BCUT2D eigenvalue weighted by molar-refractivity contribution is -0.393. The van der Waals surface area contributed by atoms with Crippen LogP contribution >= 0.6 is 0 Å². The highest BCUT2D eigenvalue weighted by molar-refractivity contribution is 5.13. The number of hydrogen-bond acceptors (Lipinski definition) is 16. The van der Waals surface area contributed by atoms with Crippen LogP contribution in [0.5, 0.6) is 0 Å². The van der Waals surface area contributed by atoms with Gasteiger partial charge >= 0.3 is 0 Å². The van der Waals surface area contributed by atoms with Gasteiger partial charge in [0, 0.05) is 0 Å². The first-order valence-corrected chi connectivity index (χ1v) is 13.1. The van der Waals surface area contributed by atoms with Crippen LogP contribution in [0.1, 0.15) is 5.56 Å². The zero-order chi connectivity index (χ0) is 29.8. The van der Waals surface area contributed by atoms with Crippen molar-refractivity contribution in [1.82, 2.24) is 0 Å². The van der Waals surface area contributed by atoms with E-state index in [1.807, 2.05) is 0 Å². The molecule has 3 fully saturated rings. The van der Waals surface area contributed by atoms with Gasteiger partial charge in [-0.2, -0.15) is 0 Å². The molecule has 15 atom stereocenters. The second-order valence-corrected chi connectivity index (χ2v) is 10.1. The number of aliphatic hydroxyl groups is 10. The van der Waals surface area contributed by atoms with Crippen molar-refractivity contribution < 1.29 is 79.5 Å². The SMILES string of the molecule is OC[C@H]1O[C@@H](O[C@H]2[C@H](OCc3ccccc3)O[C@H](CO)[C@H](O)[C@@H]2O[C@@H]2O[C@H](CO)[C@H](O)[C@H](O)[C@H]2O)[C@H](O)[C@@H](O)[C@H]1O. The fourth-order valence-electron chi connectivity index (χ4n) is 4.90. The zero-order valence-corrected chi connectivity index (χ0v) is 21.8. The summed E-state index contributed by atoms with van der Waals surface area (Å²) in [6.07, 6.45) is -24.6. The van der Waals surface area contributed by atoms with Crippen LogP contribution in [0.25, 0.3) is 0 Å². The highest BCUT2D eigenvalue weighted by atomic mass is 16.8. The van der Waals surface area contributed by atoms with E-state index in [0.29, 0.717) is 5.56 Å². The van der Waals surface area contributed by atoms with Gasteiger partial charge in [-0.1, -0.05) is 30.3 Å². The largest absolute Gasteiger partial charge is 0.394 e. The predicted molar refractivity (Wildman–Crippen MR) is 130 cm³/mol. The maximum absolute atomic E-state index is 11.1. The third-order valence-electron chi connectivity index (χ3n) is 7.33. The lowest BCUT2D eigenvalue weighted by Gasteiger charge is -2.49. The molecule has 1 aromatic carbocycles. The Morgan fingerprint density at radius 3 is 1.44 bits per heavy atom. The molecule has 3 heterocycles. The average Bonchev–Trinajstić information content (AvgIpc) is 2.99. The van der Waals surface area contributed by atoms with Crippen LogP contribution in [0, 0.1) is 0 Å². The van der Waals surface area contributed by atoms with Crippen LogP contribution < -0.4 is 0 Å². The van der Waals surface area contributed by atoms with Crippen LogP contribution in [0.3, 0.4) is 0 Å². The highest BCUT2D eigenvalue weighted by Gasteiger charge is 2.54. The minimum atomic E-state index is -1.87. The number of hydrogen-bond donors (Lipinski definition) is 10. The van der Waals surface area contributed by atoms with E-state index >= 15 is 0 Å². The van der Waals surface area contributed by atoms with E-state index in [0.717, 1.165) is 0 Å². The summed E-state index contributed by atoms with van der Waals surface area (Å²) in [5, 5.41) is 102. The molecule has 0 unspecified atom stereocenters. The van der Waals surface area contributed by atoms with Crippen LogP contribution in [0.4, 0.5) is 0 Å². The van der Waals surface area contributed by atoms with Crippen LogP contribution in [0.2, 0.25) is 0 Å². The van der Waals surface area contributed by atoms with E-state index in [-0.39, 0.29) is 6.61 Å². The van der Waals surface area contributed by atoms with Crippen LogP contribution in [0.15, 0.2) is 30.3 Å². The molecule has 234 valence electrons. The van der Waals surface area contributed by atoms with Crippen molar-refractivity contribution in [2.45, 2.75) is 98.7 Å². The van der Waals surface area contributed by atoms with Crippen molar-refractivity contribution in [3.8, 4) is 0 Å². The lowest BCUT2D eigenvalue weighted by atomic mass is 9.96. The number of aliphatic hydroxyl groups excluding tert-OH is 10. The van der Waals surface area contributed by atoms with E-state index in [4.69, 9.17) is 28.4 Å². The molecule has 10 N–H and O–H groups in total. The van der Waals surface area contributed by atoms with Gasteiger partial charge in [0.05, 0.1) is 26.4 Å². The molecular formula is C25H38O16. The Morgan fingerprint density at radius 2 is 0.951 bits per heavy atom. The van der Waals surface area contributed by atoms with Crippen molar-refractivity contribution in [2.75, 3.05) is 19.8 Å². The molecule has 0 aliphatic carbocycles. The molecule has 4 rings (SSSR count). The van der Waals surface area contributed by atoms with E-state index in [1.54, 1.807) is 30.3 Å². The van der Waals surface area contributed by atoms with Crippen molar-refractivity contribution in [3.63, 3.8) is 0 Å². The van der Waals surface area contributed by atoms with Gasteiger partial charge in [0.1, 0.15) is 73.2 Å². The number of rotatable bonds is 10. The molecule has 3 saturated heterocycles. The van der Waals surface area contributed by atoms with Gasteiger partial charge in [-0.3, -0.25) is 0 Å². The maximum atomic E-state index is 11.1. The van der Waals surface area contributed by atoms with Crippen molar-refractivity contribution in [3.05, 3.63) is 35.9 Å². The molecule has 16 nitrogen and oxygen atoms in total. The molecule has 1 aromatic rings. The molecule has 0 amide bonds. The van der Waals surface area contributed by atoms with Gasteiger partial charge in [-0.25, -0.2) is 0 Å². The standard InChI is InChI=1S/C25H38O16/c26-6-11-14(29)17(32)19(34)23(37-11)40-21-16(31)13(8-28)39-25(36-9-10-4-2-1-3-5-10)22(21)41-24-20(35)18(33)15(30)12(7-27)38-24/h1-5,11-35H,6-9H2/t11-,12-,13-,14+,15+,16+,17+,18+,19-,20-,21+,22-,23+,24+,25-/m1/s1. The van der Waals surface area contributed by atoms with Gasteiger partial charge in [0.2, 0.25) is 0 Å². The lowest BCUT2D eigenvalue weighted by Crippen LogP contribution is -2.67. The summed E-state index contributed by atoms with van der Waals surface area (Å²) in [4.78, 5) is 0. The molecule has 0 spiro atoms. The summed E-state index contributed by atoms with van der Waals surface area (Å²) in [6.45, 7) is -2.30. The first kappa shape index (κ1) is 32.5. The minimum Gasteiger partial charge on any atom is -0.394 e. The summed E-state index contributed by atoms with van der Waals surface area (Å²) in [5.74, 6) is 0. The van der Waals surface area contributed by atoms with E-state index in [2.05, 4.69) is 0 Å². The van der Waals surface area contributed by atoms with Gasteiger partial charge < -0.3 is 79.5 Å². The highest BCUT2D eigenvalue weighted by Crippen LogP contribution is 2.34. The Morgan fingerprint density at radius 1 is 0.512 bits per heavy atom. The van der Waals surface area contributed by atoms with E-state index in [1.165, 1.54) is 0 Å². The summed E-state index contributed by atoms with van der Waals surface area (Å²) in [7, 11) is 0.